The Balaban J connectivity index is -0.0000000241. The second-order valence-corrected chi connectivity index (χ2v) is 4.18. The van der Waals surface area contributed by atoms with Crippen LogP contribution in [0.5, 0.6) is 0 Å². The second kappa shape index (κ2) is 64.7. The van der Waals surface area contributed by atoms with E-state index in [4.69, 9.17) is 0 Å². The Hall–Kier alpha value is 0.0743. The molecule has 0 spiro atoms. The van der Waals surface area contributed by atoms with Gasteiger partial charge in [0.25, 0.3) is 0 Å². The van der Waals surface area contributed by atoms with E-state index in [2.05, 4.69) is 12.2 Å². The molecule has 3 nitrogen and oxygen atoms in total. The third-order valence-electron chi connectivity index (χ3n) is 2.08. The Kier molecular flexibility index (Phi) is 129. The molecule has 4 heteroatoms. The second-order valence-electron chi connectivity index (χ2n) is 4.18. The fraction of sp³-hybridized carbons (Fsp3) is 0.619. The molecule has 1 aliphatic rings. The van der Waals surface area contributed by atoms with Crippen molar-refractivity contribution in [3.63, 3.8) is 0 Å². The molecular weight excluding hydrogens is 348 g/mol. The average molecular weight is 392 g/mol. The molecule has 25 heavy (non-hydrogen) atoms. The summed E-state index contributed by atoms with van der Waals surface area (Å²) in [7, 11) is 0. The van der Waals surface area contributed by atoms with E-state index < -0.39 is 0 Å². The number of rotatable bonds is 6. The van der Waals surface area contributed by atoms with Crippen LogP contribution in [0.4, 0.5) is 0 Å². The monoisotopic (exact) mass is 392 g/mol. The van der Waals surface area contributed by atoms with Gasteiger partial charge >= 0.3 is 21.7 Å². The summed E-state index contributed by atoms with van der Waals surface area (Å²) in [6, 6.07) is 0. The van der Waals surface area contributed by atoms with Gasteiger partial charge in [0.1, 0.15) is 0 Å². The number of unbranched alkanes of at least 4 members (excludes halogenated alkanes) is 3. The molecular formula is C21H44O3Ti-5. The fourth-order valence-electron chi connectivity index (χ4n) is 0.773. The maximum Gasteiger partial charge on any atom is 3.00 e. The van der Waals surface area contributed by atoms with Crippen molar-refractivity contribution in [1.82, 2.24) is 0 Å². The van der Waals surface area contributed by atoms with Crippen LogP contribution in [0.15, 0.2) is 18.2 Å². The Morgan fingerprint density at radius 3 is 1.08 bits per heavy atom. The summed E-state index contributed by atoms with van der Waals surface area (Å²) in [5, 5.41) is 28.6. The molecule has 0 bridgehead atoms. The average Bonchev–Trinajstić information content (AvgIpc) is 3.02. The minimum absolute atomic E-state index is 0. The van der Waals surface area contributed by atoms with E-state index in [1.165, 1.54) is 0 Å². The molecule has 155 valence electrons. The van der Waals surface area contributed by atoms with Crippen LogP contribution in [-0.2, 0) is 21.7 Å². The molecule has 1 aliphatic carbocycles. The maximum atomic E-state index is 9.53. The zero-order valence-corrected chi connectivity index (χ0v) is 19.6. The SMILES string of the molecule is CCCC[O-].CCCC[O-].CCCC[O-].[C-]1=CC=CC1.[CH3-].[CH3-].[CH3-].[CH3-].[Ti+3]. The first-order valence-corrected chi connectivity index (χ1v) is 7.70. The molecule has 0 aromatic carbocycles. The first-order valence-electron chi connectivity index (χ1n) is 7.70. The summed E-state index contributed by atoms with van der Waals surface area (Å²) < 4.78 is 0. The van der Waals surface area contributed by atoms with Crippen molar-refractivity contribution in [1.29, 1.82) is 0 Å². The molecule has 1 radical (unpaired) electrons. The minimum Gasteiger partial charge on any atom is -0.854 e. The molecule has 1 rings (SSSR count). The van der Waals surface area contributed by atoms with Gasteiger partial charge in [-0.05, 0) is 0 Å². The van der Waals surface area contributed by atoms with Gasteiger partial charge in [-0.2, -0.15) is 6.08 Å². The van der Waals surface area contributed by atoms with Gasteiger partial charge in [0, 0.05) is 0 Å². The van der Waals surface area contributed by atoms with Crippen LogP contribution in [0.3, 0.4) is 0 Å². The molecule has 0 heterocycles. The van der Waals surface area contributed by atoms with Gasteiger partial charge in [0.2, 0.25) is 0 Å². The topological polar surface area (TPSA) is 69.2 Å². The molecule has 0 N–H and O–H groups in total. The molecule has 0 aliphatic heterocycles. The first kappa shape index (κ1) is 49.8. The van der Waals surface area contributed by atoms with Gasteiger partial charge in [-0.3, -0.25) is 6.08 Å². The maximum absolute atomic E-state index is 9.53. The summed E-state index contributed by atoms with van der Waals surface area (Å²) in [5.41, 5.74) is 0. The predicted octanol–water partition coefficient (Wildman–Crippen LogP) is 3.54. The quantitative estimate of drug-likeness (QED) is 0.513. The van der Waals surface area contributed by atoms with Crippen LogP contribution < -0.4 is 15.3 Å². The summed E-state index contributed by atoms with van der Waals surface area (Å²) in [5.74, 6) is 0. The van der Waals surface area contributed by atoms with Gasteiger partial charge in [-0.15, -0.1) is 26.2 Å². The van der Waals surface area contributed by atoms with E-state index >= 15 is 0 Å². The molecule has 0 unspecified atom stereocenters. The van der Waals surface area contributed by atoms with Gasteiger partial charge in [-0.1, -0.05) is 59.3 Å². The van der Waals surface area contributed by atoms with Crippen molar-refractivity contribution < 1.29 is 37.0 Å². The normalized spacial score (nSPS) is 8.56. The molecule has 0 atom stereocenters. The third kappa shape index (κ3) is 95.7. The first-order chi connectivity index (χ1) is 9.74. The van der Waals surface area contributed by atoms with Crippen LogP contribution in [0.2, 0.25) is 0 Å². The molecule has 0 amide bonds. The van der Waals surface area contributed by atoms with Gasteiger partial charge in [0.15, 0.2) is 0 Å². The largest absolute Gasteiger partial charge is 3.00 e. The van der Waals surface area contributed by atoms with Crippen molar-refractivity contribution in [2.24, 2.45) is 0 Å². The van der Waals surface area contributed by atoms with Crippen molar-refractivity contribution >= 4 is 0 Å². The summed E-state index contributed by atoms with van der Waals surface area (Å²) >= 11 is 0. The Labute approximate surface area is 176 Å². The molecule has 0 saturated heterocycles. The van der Waals surface area contributed by atoms with Crippen molar-refractivity contribution in [3.05, 3.63) is 54.0 Å². The van der Waals surface area contributed by atoms with E-state index in [9.17, 15) is 15.3 Å². The third-order valence-corrected chi connectivity index (χ3v) is 2.08. The fourth-order valence-corrected chi connectivity index (χ4v) is 0.773. The molecule has 0 fully saturated rings. The van der Waals surface area contributed by atoms with Gasteiger partial charge in [0.05, 0.1) is 0 Å². The van der Waals surface area contributed by atoms with E-state index in [0.717, 1.165) is 44.9 Å². The molecule has 0 aromatic rings. The predicted molar refractivity (Wildman–Crippen MR) is 107 cm³/mol. The molecule has 0 saturated carbocycles. The van der Waals surface area contributed by atoms with E-state index in [-0.39, 0.29) is 71.2 Å². The zero-order chi connectivity index (χ0) is 15.9. The van der Waals surface area contributed by atoms with Crippen LogP contribution in [0, 0.1) is 35.8 Å². The van der Waals surface area contributed by atoms with Gasteiger partial charge < -0.3 is 45.0 Å². The Bertz CT molecular complexity index is 154. The van der Waals surface area contributed by atoms with Crippen LogP contribution in [0.25, 0.3) is 0 Å². The zero-order valence-electron chi connectivity index (χ0n) is 18.0. The van der Waals surface area contributed by atoms with Gasteiger partial charge in [-0.25, -0.2) is 12.2 Å². The molecule has 0 aromatic heterocycles. The van der Waals surface area contributed by atoms with Crippen molar-refractivity contribution in [2.45, 2.75) is 65.7 Å². The minimum atomic E-state index is 0. The smallest absolute Gasteiger partial charge is 0.854 e. The Morgan fingerprint density at radius 1 is 0.720 bits per heavy atom. The van der Waals surface area contributed by atoms with E-state index in [0.29, 0.717) is 0 Å². The van der Waals surface area contributed by atoms with Crippen LogP contribution in [-0.4, -0.2) is 19.8 Å². The van der Waals surface area contributed by atoms with E-state index in [1.807, 2.05) is 32.9 Å². The number of hydrogen-bond acceptors (Lipinski definition) is 3. The van der Waals surface area contributed by atoms with Crippen LogP contribution >= 0.6 is 0 Å². The van der Waals surface area contributed by atoms with Crippen LogP contribution in [0.1, 0.15) is 65.7 Å². The van der Waals surface area contributed by atoms with Crippen molar-refractivity contribution in [3.8, 4) is 0 Å². The summed E-state index contributed by atoms with van der Waals surface area (Å²) in [6.45, 7) is 6.32. The summed E-state index contributed by atoms with van der Waals surface area (Å²) in [6.07, 6.45) is 15.6. The number of hydrogen-bond donors (Lipinski definition) is 0. The van der Waals surface area contributed by atoms with E-state index in [1.54, 1.807) is 0 Å². The number of allylic oxidation sites excluding steroid dienone is 4. The standard InChI is InChI=1S/C5H5.3C4H9O.4CH3.Ti/c1-2-4-5-3-1;3*1-2-3-4-5;;;;;/h1-3H,4H2;3*2-4H2,1H3;4*1H3;/q8*-1;+3. The summed E-state index contributed by atoms with van der Waals surface area (Å²) in [4.78, 5) is 0. The van der Waals surface area contributed by atoms with Crippen molar-refractivity contribution in [2.75, 3.05) is 19.8 Å². The Morgan fingerprint density at radius 2 is 1.04 bits per heavy atom.